The highest BCUT2D eigenvalue weighted by Crippen LogP contribution is 2.40. The van der Waals surface area contributed by atoms with Gasteiger partial charge in [0.25, 0.3) is 0 Å². The molecule has 0 bridgehead atoms. The minimum absolute atomic E-state index is 0. The van der Waals surface area contributed by atoms with Gasteiger partial charge in [0.1, 0.15) is 6.54 Å². The monoisotopic (exact) mass is 448 g/mol. The number of quaternary nitrogens is 1. The minimum Gasteiger partial charge on any atom is -1.00 e. The molecule has 0 aliphatic carbocycles. The molecule has 0 saturated carbocycles. The predicted molar refractivity (Wildman–Crippen MR) is 108 cm³/mol. The van der Waals surface area contributed by atoms with Gasteiger partial charge in [-0.2, -0.15) is 0 Å². The van der Waals surface area contributed by atoms with E-state index in [-0.39, 0.29) is 30.9 Å². The third kappa shape index (κ3) is 8.01. The summed E-state index contributed by atoms with van der Waals surface area (Å²) in [6, 6.07) is 8.29. The van der Waals surface area contributed by atoms with Gasteiger partial charge in [-0.25, -0.2) is 0 Å². The Hall–Kier alpha value is 0.590. The van der Waals surface area contributed by atoms with E-state index in [4.69, 9.17) is 34.8 Å². The van der Waals surface area contributed by atoms with Crippen LogP contribution in [0.1, 0.15) is 49.8 Å². The summed E-state index contributed by atoms with van der Waals surface area (Å²) >= 11 is 18.5. The van der Waals surface area contributed by atoms with Crippen molar-refractivity contribution in [3.05, 3.63) is 35.4 Å². The molecule has 1 aromatic carbocycles. The highest BCUT2D eigenvalue weighted by Gasteiger charge is 2.33. The Morgan fingerprint density at radius 3 is 2.16 bits per heavy atom. The highest BCUT2D eigenvalue weighted by molar-refractivity contribution is 6.68. The molecule has 1 aliphatic heterocycles. The van der Waals surface area contributed by atoms with Gasteiger partial charge < -0.3 is 22.2 Å². The molecule has 0 radical (unpaired) electrons. The van der Waals surface area contributed by atoms with Crippen LogP contribution in [0.5, 0.6) is 0 Å². The fourth-order valence-electron chi connectivity index (χ4n) is 3.36. The van der Waals surface area contributed by atoms with Crippen LogP contribution in [-0.4, -0.2) is 35.0 Å². The first kappa shape index (κ1) is 25.6. The molecular weight excluding hydrogens is 421 g/mol. The third-order valence-electron chi connectivity index (χ3n) is 4.73. The van der Waals surface area contributed by atoms with E-state index >= 15 is 0 Å². The number of nitrogens with one attached hydrogen (secondary N) is 1. The maximum atomic E-state index is 6.18. The predicted octanol–water partition coefficient (Wildman–Crippen LogP) is 2.65. The molecule has 1 unspecified atom stereocenters. The summed E-state index contributed by atoms with van der Waals surface area (Å²) in [6.45, 7) is 6.64. The zero-order valence-electron chi connectivity index (χ0n) is 14.9. The molecule has 1 aromatic rings. The lowest BCUT2D eigenvalue weighted by atomic mass is 10.0. The van der Waals surface area contributed by atoms with Gasteiger partial charge >= 0.3 is 0 Å². The maximum Gasteiger partial charge on any atom is 0.209 e. The van der Waals surface area contributed by atoms with Crippen molar-refractivity contribution < 1.29 is 16.9 Å². The van der Waals surface area contributed by atoms with Crippen LogP contribution in [0.15, 0.2) is 24.3 Å². The molecule has 1 fully saturated rings. The van der Waals surface area contributed by atoms with Gasteiger partial charge in [0, 0.05) is 18.4 Å². The average molecular weight is 451 g/mol. The normalized spacial score (nSPS) is 17.5. The number of hydrogen-bond acceptors (Lipinski definition) is 1. The zero-order chi connectivity index (χ0) is 16.9. The van der Waals surface area contributed by atoms with Crippen molar-refractivity contribution in [2.45, 2.75) is 49.0 Å². The van der Waals surface area contributed by atoms with Crippen molar-refractivity contribution in [1.82, 2.24) is 5.32 Å². The summed E-state index contributed by atoms with van der Waals surface area (Å²) in [5.41, 5.74) is 2.39. The van der Waals surface area contributed by atoms with Crippen LogP contribution in [0.2, 0.25) is 0 Å². The largest absolute Gasteiger partial charge is 1.00 e. The zero-order valence-corrected chi connectivity index (χ0v) is 18.8. The fourth-order valence-corrected chi connectivity index (χ4v) is 3.97. The number of rotatable bonds is 7. The molecule has 146 valence electrons. The van der Waals surface area contributed by atoms with Crippen molar-refractivity contribution in [3.8, 4) is 0 Å². The lowest BCUT2D eigenvalue weighted by Gasteiger charge is -2.30. The Morgan fingerprint density at radius 1 is 1.12 bits per heavy atom. The molecule has 1 saturated heterocycles. The first-order valence-electron chi connectivity index (χ1n) is 8.56. The fraction of sp³-hybridized carbons (Fsp3) is 0.667. The summed E-state index contributed by atoms with van der Waals surface area (Å²) in [5.74, 6) is 0. The number of hydrogen-bond donors (Lipinski definition) is 1. The van der Waals surface area contributed by atoms with Gasteiger partial charge in [-0.15, -0.1) is 12.4 Å². The summed E-state index contributed by atoms with van der Waals surface area (Å²) in [5, 5.41) is 3.38. The molecule has 1 N–H and O–H groups in total. The van der Waals surface area contributed by atoms with Crippen molar-refractivity contribution in [1.29, 1.82) is 0 Å². The van der Waals surface area contributed by atoms with Gasteiger partial charge in [-0.3, -0.25) is 0 Å². The smallest absolute Gasteiger partial charge is 0.209 e. The van der Waals surface area contributed by atoms with E-state index < -0.39 is 3.79 Å². The first-order chi connectivity index (χ1) is 10.8. The molecular formula is C18H29Cl5N2. The Kier molecular flexibility index (Phi) is 11.7. The molecule has 1 atom stereocenters. The number of unbranched alkanes of at least 4 members (excludes halogenated alkanes) is 1. The van der Waals surface area contributed by atoms with Crippen LogP contribution in [0.3, 0.4) is 0 Å². The van der Waals surface area contributed by atoms with Crippen molar-refractivity contribution >= 4 is 47.2 Å². The summed E-state index contributed by atoms with van der Waals surface area (Å²) in [7, 11) is 2.34. The number of alkyl halides is 3. The lowest BCUT2D eigenvalue weighted by molar-refractivity contribution is -0.910. The van der Waals surface area contributed by atoms with Crippen LogP contribution >= 0.6 is 47.2 Å². The minimum atomic E-state index is -1.34. The molecule has 1 heterocycles. The Morgan fingerprint density at radius 2 is 1.68 bits per heavy atom. The van der Waals surface area contributed by atoms with E-state index in [1.807, 2.05) is 0 Å². The summed E-state index contributed by atoms with van der Waals surface area (Å²) in [6.07, 6.45) is 4.87. The lowest BCUT2D eigenvalue weighted by Crippen LogP contribution is -3.00. The SMILES string of the molecule is CCCCNC(c1ccc(C[N+]2(C)CCCC2)cc1)C(Cl)(Cl)Cl.Cl.[Cl-]. The molecule has 0 amide bonds. The number of likely N-dealkylation sites (tertiary alicyclic amines) is 1. The van der Waals surface area contributed by atoms with E-state index in [2.05, 4.69) is 43.6 Å². The van der Waals surface area contributed by atoms with Crippen LogP contribution in [0, 0.1) is 0 Å². The molecule has 2 rings (SSSR count). The van der Waals surface area contributed by atoms with E-state index in [0.29, 0.717) is 0 Å². The second-order valence-corrected chi connectivity index (χ2v) is 9.32. The standard InChI is InChI=1S/C18H28Cl3N2.2ClH/c1-3-4-11-22-17(18(19,20)21)16-9-7-15(8-10-16)14-23(2)12-5-6-13-23;;/h7-10,17,22H,3-6,11-14H2,1-2H3;2*1H/q+1;;/p-1. The molecule has 2 nitrogen and oxygen atoms in total. The second kappa shape index (κ2) is 11.4. The van der Waals surface area contributed by atoms with Crippen molar-refractivity contribution in [2.75, 3.05) is 26.7 Å². The van der Waals surface area contributed by atoms with Crippen LogP contribution in [-0.2, 0) is 6.54 Å². The molecule has 0 aromatic heterocycles. The van der Waals surface area contributed by atoms with Crippen molar-refractivity contribution in [3.63, 3.8) is 0 Å². The molecule has 1 aliphatic rings. The van der Waals surface area contributed by atoms with Crippen molar-refractivity contribution in [2.24, 2.45) is 0 Å². The average Bonchev–Trinajstić information content (AvgIpc) is 2.90. The van der Waals surface area contributed by atoms with Gasteiger partial charge in [-0.1, -0.05) is 72.4 Å². The van der Waals surface area contributed by atoms with Gasteiger partial charge in [-0.05, 0) is 18.5 Å². The Bertz CT molecular complexity index is 481. The van der Waals surface area contributed by atoms with E-state index in [0.717, 1.165) is 36.0 Å². The maximum absolute atomic E-state index is 6.18. The molecule has 25 heavy (non-hydrogen) atoms. The van der Waals surface area contributed by atoms with Gasteiger partial charge in [0.05, 0.1) is 26.2 Å². The van der Waals surface area contributed by atoms with Crippen LogP contribution in [0.25, 0.3) is 0 Å². The van der Waals surface area contributed by atoms with E-state index in [1.165, 1.54) is 31.5 Å². The van der Waals surface area contributed by atoms with Crippen LogP contribution < -0.4 is 17.7 Å². The topological polar surface area (TPSA) is 12.0 Å². The Labute approximate surface area is 180 Å². The quantitative estimate of drug-likeness (QED) is 0.383. The molecule has 0 spiro atoms. The van der Waals surface area contributed by atoms with Crippen LogP contribution in [0.4, 0.5) is 0 Å². The van der Waals surface area contributed by atoms with E-state index in [1.54, 1.807) is 0 Å². The first-order valence-corrected chi connectivity index (χ1v) is 9.70. The Balaban J connectivity index is 0.00000288. The summed E-state index contributed by atoms with van der Waals surface area (Å²) < 4.78 is -0.204. The van der Waals surface area contributed by atoms with Gasteiger partial charge in [0.2, 0.25) is 3.79 Å². The second-order valence-electron chi connectivity index (χ2n) is 6.96. The third-order valence-corrected chi connectivity index (χ3v) is 5.38. The molecule has 7 heteroatoms. The highest BCUT2D eigenvalue weighted by atomic mass is 35.6. The summed E-state index contributed by atoms with van der Waals surface area (Å²) in [4.78, 5) is 0. The van der Waals surface area contributed by atoms with Gasteiger partial charge in [0.15, 0.2) is 0 Å². The number of benzene rings is 1. The number of nitrogens with zero attached hydrogens (tertiary/aromatic N) is 1. The number of halogens is 5. The van der Waals surface area contributed by atoms with E-state index in [9.17, 15) is 0 Å².